The summed E-state index contributed by atoms with van der Waals surface area (Å²) in [4.78, 5) is 2.44. The van der Waals surface area contributed by atoms with E-state index in [0.29, 0.717) is 5.92 Å². The number of halogens is 1. The Kier molecular flexibility index (Phi) is 5.61. The van der Waals surface area contributed by atoms with Gasteiger partial charge < -0.3 is 10.8 Å². The molecule has 1 aromatic carbocycles. The summed E-state index contributed by atoms with van der Waals surface area (Å²) in [6.45, 7) is 6.08. The molecule has 1 fully saturated rings. The first-order chi connectivity index (χ1) is 9.52. The second-order valence-corrected chi connectivity index (χ2v) is 6.81. The molecule has 0 saturated carbocycles. The van der Waals surface area contributed by atoms with Crippen LogP contribution < -0.4 is 5.73 Å². The first-order valence-corrected chi connectivity index (χ1v) is 8.25. The van der Waals surface area contributed by atoms with Gasteiger partial charge in [0.1, 0.15) is 0 Å². The zero-order chi connectivity index (χ0) is 14.7. The van der Waals surface area contributed by atoms with E-state index in [0.717, 1.165) is 30.4 Å². The fraction of sp³-hybridized carbons (Fsp3) is 0.625. The summed E-state index contributed by atoms with van der Waals surface area (Å²) in [5.41, 5.74) is 7.65. The SMILES string of the molecule is CCC(N)C(c1ccc(Br)cc1)N1CCC(O)C(C)C1. The van der Waals surface area contributed by atoms with E-state index in [1.165, 1.54) is 5.56 Å². The van der Waals surface area contributed by atoms with Crippen molar-refractivity contribution < 1.29 is 5.11 Å². The van der Waals surface area contributed by atoms with E-state index in [9.17, 15) is 5.11 Å². The molecule has 0 aromatic heterocycles. The molecule has 1 aliphatic heterocycles. The molecule has 112 valence electrons. The van der Waals surface area contributed by atoms with Gasteiger partial charge in [-0.25, -0.2) is 0 Å². The van der Waals surface area contributed by atoms with Gasteiger partial charge in [-0.2, -0.15) is 0 Å². The van der Waals surface area contributed by atoms with Crippen molar-refractivity contribution >= 4 is 15.9 Å². The van der Waals surface area contributed by atoms with Gasteiger partial charge in [0.15, 0.2) is 0 Å². The Balaban J connectivity index is 2.21. The van der Waals surface area contributed by atoms with Gasteiger partial charge in [0.05, 0.1) is 6.10 Å². The van der Waals surface area contributed by atoms with Crippen LogP contribution in [0.4, 0.5) is 0 Å². The number of nitrogens with two attached hydrogens (primary N) is 1. The van der Waals surface area contributed by atoms with Crippen LogP contribution in [0, 0.1) is 5.92 Å². The molecule has 1 saturated heterocycles. The van der Waals surface area contributed by atoms with Crippen LogP contribution >= 0.6 is 15.9 Å². The summed E-state index contributed by atoms with van der Waals surface area (Å²) < 4.78 is 1.09. The summed E-state index contributed by atoms with van der Waals surface area (Å²) in [6.07, 6.45) is 1.62. The highest BCUT2D eigenvalue weighted by atomic mass is 79.9. The monoisotopic (exact) mass is 340 g/mol. The van der Waals surface area contributed by atoms with Crippen molar-refractivity contribution in [2.24, 2.45) is 11.7 Å². The first-order valence-electron chi connectivity index (χ1n) is 7.46. The zero-order valence-electron chi connectivity index (χ0n) is 12.3. The van der Waals surface area contributed by atoms with Crippen molar-refractivity contribution in [2.75, 3.05) is 13.1 Å². The van der Waals surface area contributed by atoms with Crippen LogP contribution in [0.2, 0.25) is 0 Å². The lowest BCUT2D eigenvalue weighted by Gasteiger charge is -2.42. The summed E-state index contributed by atoms with van der Waals surface area (Å²) in [7, 11) is 0. The fourth-order valence-corrected chi connectivity index (χ4v) is 3.29. The highest BCUT2D eigenvalue weighted by molar-refractivity contribution is 9.10. The van der Waals surface area contributed by atoms with E-state index in [2.05, 4.69) is 58.9 Å². The van der Waals surface area contributed by atoms with Crippen molar-refractivity contribution in [3.05, 3.63) is 34.3 Å². The van der Waals surface area contributed by atoms with Crippen LogP contribution in [0.1, 0.15) is 38.3 Å². The molecule has 3 nitrogen and oxygen atoms in total. The molecule has 0 amide bonds. The minimum atomic E-state index is -0.172. The molecule has 2 rings (SSSR count). The maximum Gasteiger partial charge on any atom is 0.0590 e. The van der Waals surface area contributed by atoms with Crippen LogP contribution in [0.3, 0.4) is 0 Å². The number of aliphatic hydroxyl groups excluding tert-OH is 1. The van der Waals surface area contributed by atoms with Crippen molar-refractivity contribution in [1.29, 1.82) is 0 Å². The predicted molar refractivity (Wildman–Crippen MR) is 86.5 cm³/mol. The number of likely N-dealkylation sites (tertiary alicyclic amines) is 1. The largest absolute Gasteiger partial charge is 0.393 e. The van der Waals surface area contributed by atoms with Gasteiger partial charge >= 0.3 is 0 Å². The van der Waals surface area contributed by atoms with E-state index in [4.69, 9.17) is 5.73 Å². The second-order valence-electron chi connectivity index (χ2n) is 5.90. The normalized spacial score (nSPS) is 27.2. The average molecular weight is 341 g/mol. The van der Waals surface area contributed by atoms with Crippen LogP contribution in [0.15, 0.2) is 28.7 Å². The molecular weight excluding hydrogens is 316 g/mol. The van der Waals surface area contributed by atoms with Gasteiger partial charge in [-0.05, 0) is 36.5 Å². The average Bonchev–Trinajstić information content (AvgIpc) is 2.45. The summed E-state index contributed by atoms with van der Waals surface area (Å²) in [5, 5.41) is 9.92. The molecule has 0 bridgehead atoms. The quantitative estimate of drug-likeness (QED) is 0.885. The molecule has 1 heterocycles. The van der Waals surface area contributed by atoms with Gasteiger partial charge in [-0.3, -0.25) is 4.90 Å². The topological polar surface area (TPSA) is 49.5 Å². The third kappa shape index (κ3) is 3.61. The molecule has 1 aromatic rings. The highest BCUT2D eigenvalue weighted by Crippen LogP contribution is 2.30. The van der Waals surface area contributed by atoms with Gasteiger partial charge in [0.25, 0.3) is 0 Å². The van der Waals surface area contributed by atoms with Crippen LogP contribution in [-0.4, -0.2) is 35.2 Å². The predicted octanol–water partition coefficient (Wildman–Crippen LogP) is 2.93. The highest BCUT2D eigenvalue weighted by Gasteiger charge is 2.32. The molecular formula is C16H25BrN2O. The number of nitrogens with zero attached hydrogens (tertiary/aromatic N) is 1. The van der Waals surface area contributed by atoms with E-state index >= 15 is 0 Å². The van der Waals surface area contributed by atoms with Crippen molar-refractivity contribution in [3.63, 3.8) is 0 Å². The Morgan fingerprint density at radius 3 is 2.60 bits per heavy atom. The molecule has 0 aliphatic carbocycles. The fourth-order valence-electron chi connectivity index (χ4n) is 3.03. The molecule has 20 heavy (non-hydrogen) atoms. The molecule has 4 heteroatoms. The standard InChI is InChI=1S/C16H25BrN2O/c1-3-14(18)16(12-4-6-13(17)7-5-12)19-9-8-15(20)11(2)10-19/h4-7,11,14-16,20H,3,8-10,18H2,1-2H3. The van der Waals surface area contributed by atoms with E-state index < -0.39 is 0 Å². The van der Waals surface area contributed by atoms with Gasteiger partial charge in [0, 0.05) is 29.6 Å². The van der Waals surface area contributed by atoms with Crippen LogP contribution in [0.5, 0.6) is 0 Å². The number of rotatable bonds is 4. The molecule has 1 aliphatic rings. The Hall–Kier alpha value is -0.420. The van der Waals surface area contributed by atoms with Gasteiger partial charge in [-0.1, -0.05) is 41.9 Å². The molecule has 0 radical (unpaired) electrons. The van der Waals surface area contributed by atoms with Gasteiger partial charge in [0.2, 0.25) is 0 Å². The number of hydrogen-bond donors (Lipinski definition) is 2. The first kappa shape index (κ1) is 16.0. The maximum atomic E-state index is 9.92. The molecule has 0 spiro atoms. The minimum Gasteiger partial charge on any atom is -0.393 e. The van der Waals surface area contributed by atoms with Crippen LogP contribution in [-0.2, 0) is 0 Å². The smallest absolute Gasteiger partial charge is 0.0590 e. The van der Waals surface area contributed by atoms with Crippen LogP contribution in [0.25, 0.3) is 0 Å². The second kappa shape index (κ2) is 7.03. The Morgan fingerprint density at radius 2 is 2.05 bits per heavy atom. The lowest BCUT2D eigenvalue weighted by atomic mass is 9.90. The summed E-state index contributed by atoms with van der Waals surface area (Å²) in [6, 6.07) is 8.82. The van der Waals surface area contributed by atoms with E-state index in [1.807, 2.05) is 0 Å². The van der Waals surface area contributed by atoms with Gasteiger partial charge in [-0.15, -0.1) is 0 Å². The van der Waals surface area contributed by atoms with E-state index in [1.54, 1.807) is 0 Å². The summed E-state index contributed by atoms with van der Waals surface area (Å²) >= 11 is 3.48. The minimum absolute atomic E-state index is 0.124. The number of piperidine rings is 1. The Labute approximate surface area is 130 Å². The third-order valence-corrected chi connectivity index (χ3v) is 4.90. The maximum absolute atomic E-state index is 9.92. The lowest BCUT2D eigenvalue weighted by molar-refractivity contribution is 0.0112. The lowest BCUT2D eigenvalue weighted by Crippen LogP contribution is -2.48. The molecule has 3 N–H and O–H groups in total. The Morgan fingerprint density at radius 1 is 1.40 bits per heavy atom. The van der Waals surface area contributed by atoms with E-state index in [-0.39, 0.29) is 18.2 Å². The Bertz CT molecular complexity index is 423. The van der Waals surface area contributed by atoms with Crippen molar-refractivity contribution in [2.45, 2.75) is 44.9 Å². The summed E-state index contributed by atoms with van der Waals surface area (Å²) in [5.74, 6) is 0.311. The number of benzene rings is 1. The zero-order valence-corrected chi connectivity index (χ0v) is 13.9. The number of hydrogen-bond acceptors (Lipinski definition) is 3. The number of aliphatic hydroxyl groups is 1. The van der Waals surface area contributed by atoms with Crippen molar-refractivity contribution in [3.8, 4) is 0 Å². The third-order valence-electron chi connectivity index (χ3n) is 4.37. The molecule has 4 unspecified atom stereocenters. The van der Waals surface area contributed by atoms with Crippen molar-refractivity contribution in [1.82, 2.24) is 4.90 Å². The molecule has 4 atom stereocenters.